The van der Waals surface area contributed by atoms with E-state index in [-0.39, 0.29) is 0 Å². The normalized spacial score (nSPS) is 10.9. The summed E-state index contributed by atoms with van der Waals surface area (Å²) in [4.78, 5) is 0. The molecule has 0 N–H and O–H groups in total. The molecule has 1 aromatic rings. The molecular formula is C8H14N2. The number of hydrogen-bond acceptors (Lipinski definition) is 1. The van der Waals surface area contributed by atoms with Crippen LogP contribution in [-0.4, -0.2) is 9.78 Å². The van der Waals surface area contributed by atoms with E-state index in [0.717, 1.165) is 5.69 Å². The van der Waals surface area contributed by atoms with Gasteiger partial charge in [0.1, 0.15) is 0 Å². The van der Waals surface area contributed by atoms with E-state index in [1.807, 2.05) is 11.6 Å². The average molecular weight is 138 g/mol. The van der Waals surface area contributed by atoms with Crippen molar-refractivity contribution in [3.8, 4) is 0 Å². The quantitative estimate of drug-likeness (QED) is 0.581. The minimum absolute atomic E-state index is 0.480. The second-order valence-electron chi connectivity index (χ2n) is 2.97. The molecule has 0 bridgehead atoms. The third-order valence-electron chi connectivity index (χ3n) is 1.53. The van der Waals surface area contributed by atoms with Crippen LogP contribution < -0.4 is 0 Å². The molecular weight excluding hydrogens is 124 g/mol. The molecule has 0 aromatic carbocycles. The standard InChI is InChI=1S/C8H14N2/c1-6(2)10-8(4)5-7(3)9-10/h5-6H,1-4H3. The molecule has 2 nitrogen and oxygen atoms in total. The third kappa shape index (κ3) is 1.20. The fourth-order valence-electron chi connectivity index (χ4n) is 1.17. The minimum atomic E-state index is 0.480. The molecule has 0 atom stereocenters. The molecule has 0 aliphatic carbocycles. The van der Waals surface area contributed by atoms with Crippen molar-refractivity contribution < 1.29 is 0 Å². The first-order chi connectivity index (χ1) is 4.61. The maximum absolute atomic E-state index is 4.33. The Morgan fingerprint density at radius 3 is 2.20 bits per heavy atom. The summed E-state index contributed by atoms with van der Waals surface area (Å²) in [5.74, 6) is 0. The van der Waals surface area contributed by atoms with Crippen molar-refractivity contribution in [2.45, 2.75) is 33.7 Å². The van der Waals surface area contributed by atoms with Gasteiger partial charge in [0.05, 0.1) is 5.69 Å². The van der Waals surface area contributed by atoms with Gasteiger partial charge in [0.2, 0.25) is 0 Å². The highest BCUT2D eigenvalue weighted by atomic mass is 15.3. The molecule has 1 rings (SSSR count). The van der Waals surface area contributed by atoms with Crippen LogP contribution >= 0.6 is 0 Å². The van der Waals surface area contributed by atoms with Crippen LogP contribution in [0.2, 0.25) is 0 Å². The molecule has 0 fully saturated rings. The lowest BCUT2D eigenvalue weighted by molar-refractivity contribution is 0.516. The molecule has 0 spiro atoms. The topological polar surface area (TPSA) is 17.8 Å². The predicted molar refractivity (Wildman–Crippen MR) is 42.1 cm³/mol. The lowest BCUT2D eigenvalue weighted by Gasteiger charge is -2.06. The Bertz CT molecular complexity index is 223. The molecule has 0 saturated heterocycles. The van der Waals surface area contributed by atoms with Gasteiger partial charge in [-0.15, -0.1) is 0 Å². The lowest BCUT2D eigenvalue weighted by Crippen LogP contribution is -2.04. The summed E-state index contributed by atoms with van der Waals surface area (Å²) in [5.41, 5.74) is 2.35. The van der Waals surface area contributed by atoms with Crippen LogP contribution in [0.5, 0.6) is 0 Å². The summed E-state index contributed by atoms with van der Waals surface area (Å²) < 4.78 is 2.04. The highest BCUT2D eigenvalue weighted by Crippen LogP contribution is 2.08. The zero-order chi connectivity index (χ0) is 7.72. The highest BCUT2D eigenvalue weighted by Gasteiger charge is 2.02. The van der Waals surface area contributed by atoms with Crippen LogP contribution in [0, 0.1) is 13.8 Å². The first-order valence-corrected chi connectivity index (χ1v) is 3.64. The Morgan fingerprint density at radius 1 is 1.40 bits per heavy atom. The van der Waals surface area contributed by atoms with Gasteiger partial charge >= 0.3 is 0 Å². The largest absolute Gasteiger partial charge is 0.267 e. The highest BCUT2D eigenvalue weighted by molar-refractivity contribution is 5.07. The molecule has 0 unspecified atom stereocenters. The van der Waals surface area contributed by atoms with Gasteiger partial charge in [-0.1, -0.05) is 0 Å². The molecule has 1 heterocycles. The maximum atomic E-state index is 4.33. The first kappa shape index (κ1) is 7.32. The number of nitrogens with zero attached hydrogens (tertiary/aromatic N) is 2. The summed E-state index contributed by atoms with van der Waals surface area (Å²) in [6.45, 7) is 8.38. The van der Waals surface area contributed by atoms with Crippen LogP contribution in [-0.2, 0) is 0 Å². The SMILES string of the molecule is Cc1cc(C)n(C(C)C)n1. The molecule has 0 amide bonds. The Kier molecular flexibility index (Phi) is 1.79. The monoisotopic (exact) mass is 138 g/mol. The minimum Gasteiger partial charge on any atom is -0.267 e. The summed E-state index contributed by atoms with van der Waals surface area (Å²) in [6, 6.07) is 2.58. The number of hydrogen-bond donors (Lipinski definition) is 0. The van der Waals surface area contributed by atoms with Gasteiger partial charge < -0.3 is 0 Å². The smallest absolute Gasteiger partial charge is 0.0596 e. The summed E-state index contributed by atoms with van der Waals surface area (Å²) in [6.07, 6.45) is 0. The fraction of sp³-hybridized carbons (Fsp3) is 0.625. The van der Waals surface area contributed by atoms with E-state index < -0.39 is 0 Å². The van der Waals surface area contributed by atoms with Gasteiger partial charge in [0.25, 0.3) is 0 Å². The predicted octanol–water partition coefficient (Wildman–Crippen LogP) is 2.08. The van der Waals surface area contributed by atoms with Crippen LogP contribution in [0.25, 0.3) is 0 Å². The Morgan fingerprint density at radius 2 is 2.00 bits per heavy atom. The molecule has 0 aliphatic heterocycles. The van der Waals surface area contributed by atoms with Crippen LogP contribution in [0.1, 0.15) is 31.3 Å². The van der Waals surface area contributed by atoms with Gasteiger partial charge in [0, 0.05) is 11.7 Å². The molecule has 10 heavy (non-hydrogen) atoms. The first-order valence-electron chi connectivity index (χ1n) is 3.64. The van der Waals surface area contributed by atoms with Gasteiger partial charge in [-0.05, 0) is 33.8 Å². The van der Waals surface area contributed by atoms with E-state index in [0.29, 0.717) is 6.04 Å². The Balaban J connectivity index is 3.03. The van der Waals surface area contributed by atoms with Crippen molar-refractivity contribution in [2.75, 3.05) is 0 Å². The van der Waals surface area contributed by atoms with Gasteiger partial charge in [-0.2, -0.15) is 5.10 Å². The molecule has 1 aromatic heterocycles. The van der Waals surface area contributed by atoms with Crippen molar-refractivity contribution >= 4 is 0 Å². The second-order valence-corrected chi connectivity index (χ2v) is 2.97. The van der Waals surface area contributed by atoms with E-state index >= 15 is 0 Å². The molecule has 56 valence electrons. The van der Waals surface area contributed by atoms with Crippen LogP contribution in [0.3, 0.4) is 0 Å². The van der Waals surface area contributed by atoms with Gasteiger partial charge in [-0.25, -0.2) is 0 Å². The maximum Gasteiger partial charge on any atom is 0.0596 e. The Labute approximate surface area is 61.9 Å². The zero-order valence-corrected chi connectivity index (χ0v) is 7.05. The van der Waals surface area contributed by atoms with Crippen molar-refractivity contribution in [3.05, 3.63) is 17.5 Å². The van der Waals surface area contributed by atoms with E-state index in [1.54, 1.807) is 0 Å². The summed E-state index contributed by atoms with van der Waals surface area (Å²) in [7, 11) is 0. The van der Waals surface area contributed by atoms with E-state index in [4.69, 9.17) is 0 Å². The van der Waals surface area contributed by atoms with Crippen LogP contribution in [0.4, 0.5) is 0 Å². The van der Waals surface area contributed by atoms with Crippen LogP contribution in [0.15, 0.2) is 6.07 Å². The van der Waals surface area contributed by atoms with Gasteiger partial charge in [-0.3, -0.25) is 4.68 Å². The van der Waals surface area contributed by atoms with E-state index in [9.17, 15) is 0 Å². The second kappa shape index (κ2) is 2.45. The fourth-order valence-corrected chi connectivity index (χ4v) is 1.17. The van der Waals surface area contributed by atoms with Crippen molar-refractivity contribution in [1.82, 2.24) is 9.78 Å². The number of aromatic nitrogens is 2. The van der Waals surface area contributed by atoms with E-state index in [2.05, 4.69) is 31.9 Å². The molecule has 0 saturated carbocycles. The lowest BCUT2D eigenvalue weighted by atomic mass is 10.3. The van der Waals surface area contributed by atoms with Gasteiger partial charge in [0.15, 0.2) is 0 Å². The Hall–Kier alpha value is -0.790. The molecule has 2 heteroatoms. The van der Waals surface area contributed by atoms with Crippen molar-refractivity contribution in [2.24, 2.45) is 0 Å². The molecule has 0 aliphatic rings. The summed E-state index contributed by atoms with van der Waals surface area (Å²) >= 11 is 0. The molecule has 0 radical (unpaired) electrons. The zero-order valence-electron chi connectivity index (χ0n) is 7.05. The number of aryl methyl sites for hydroxylation is 2. The average Bonchev–Trinajstić information content (AvgIpc) is 2.10. The number of rotatable bonds is 1. The third-order valence-corrected chi connectivity index (χ3v) is 1.53. The van der Waals surface area contributed by atoms with E-state index in [1.165, 1.54) is 5.69 Å². The summed E-state index contributed by atoms with van der Waals surface area (Å²) in [5, 5.41) is 4.33. The van der Waals surface area contributed by atoms with Crippen molar-refractivity contribution in [1.29, 1.82) is 0 Å². The van der Waals surface area contributed by atoms with Crippen molar-refractivity contribution in [3.63, 3.8) is 0 Å².